The molecule has 3 rings (SSSR count). The van der Waals surface area contributed by atoms with Gasteiger partial charge in [-0.25, -0.2) is 4.79 Å². The predicted molar refractivity (Wildman–Crippen MR) is 112 cm³/mol. The monoisotopic (exact) mass is 393 g/mol. The first kappa shape index (κ1) is 19.2. The van der Waals surface area contributed by atoms with Gasteiger partial charge in [-0.3, -0.25) is 0 Å². The minimum absolute atomic E-state index is 0.400. The Bertz CT molecular complexity index is 1010. The summed E-state index contributed by atoms with van der Waals surface area (Å²) in [4.78, 5) is 14.9. The summed E-state index contributed by atoms with van der Waals surface area (Å²) in [6.45, 7) is 1.99. The molecule has 3 aromatic rings. The van der Waals surface area contributed by atoms with Gasteiger partial charge in [-0.2, -0.15) is 5.26 Å². The number of methoxy groups -OCH3 is 1. The lowest BCUT2D eigenvalue weighted by atomic mass is 9.97. The van der Waals surface area contributed by atoms with Crippen molar-refractivity contribution >= 4 is 29.1 Å². The Balaban J connectivity index is 2.12. The van der Waals surface area contributed by atoms with Crippen LogP contribution in [0.3, 0.4) is 0 Å². The molecule has 27 heavy (non-hydrogen) atoms. The number of hydrogen-bond acceptors (Lipinski definition) is 5. The van der Waals surface area contributed by atoms with Crippen molar-refractivity contribution in [3.8, 4) is 28.3 Å². The summed E-state index contributed by atoms with van der Waals surface area (Å²) >= 11 is 3.05. The number of esters is 1. The van der Waals surface area contributed by atoms with E-state index >= 15 is 0 Å². The number of carbonyl (C=O) groups excluding carboxylic acids is 1. The van der Waals surface area contributed by atoms with E-state index in [-0.39, 0.29) is 0 Å². The summed E-state index contributed by atoms with van der Waals surface area (Å²) in [5.41, 5.74) is 4.38. The predicted octanol–water partition coefficient (Wildman–Crippen LogP) is 6.02. The quantitative estimate of drug-likeness (QED) is 0.392. The van der Waals surface area contributed by atoms with Gasteiger partial charge in [-0.1, -0.05) is 49.4 Å². The second kappa shape index (κ2) is 8.43. The van der Waals surface area contributed by atoms with E-state index in [1.54, 1.807) is 11.8 Å². The summed E-state index contributed by atoms with van der Waals surface area (Å²) in [6, 6.07) is 18.6. The molecule has 0 aliphatic heterocycles. The number of nitrogens with zero attached hydrogens (tertiary/aromatic N) is 1. The van der Waals surface area contributed by atoms with Crippen molar-refractivity contribution in [2.45, 2.75) is 18.2 Å². The summed E-state index contributed by atoms with van der Waals surface area (Å²) in [7, 11) is 1.37. The van der Waals surface area contributed by atoms with Gasteiger partial charge < -0.3 is 4.74 Å². The number of thioether (sulfide) groups is 1. The Morgan fingerprint density at radius 3 is 2.41 bits per heavy atom. The maximum Gasteiger partial charge on any atom is 0.348 e. The summed E-state index contributed by atoms with van der Waals surface area (Å²) in [6.07, 6.45) is 2.77. The zero-order valence-electron chi connectivity index (χ0n) is 15.4. The summed E-state index contributed by atoms with van der Waals surface area (Å²) in [5, 5.41) is 9.66. The molecule has 0 bridgehead atoms. The molecule has 0 atom stereocenters. The zero-order chi connectivity index (χ0) is 19.4. The van der Waals surface area contributed by atoms with E-state index in [9.17, 15) is 10.1 Å². The average molecular weight is 394 g/mol. The lowest BCUT2D eigenvalue weighted by Crippen LogP contribution is -2.00. The third-order valence-electron chi connectivity index (χ3n) is 4.38. The van der Waals surface area contributed by atoms with Gasteiger partial charge in [0.2, 0.25) is 0 Å². The standard InChI is InChI=1S/C22H19NO2S2/c1-4-18-17(13-23)20(21(27-18)22(24)25-2)15-11-9-14(10-12-15)16-7-5-6-8-19(16)26-3/h5-12H,4H2,1-3H3. The van der Waals surface area contributed by atoms with Crippen molar-refractivity contribution in [1.82, 2.24) is 0 Å². The summed E-state index contributed by atoms with van der Waals surface area (Å²) in [5.74, 6) is -0.400. The molecule has 5 heteroatoms. The summed E-state index contributed by atoms with van der Waals surface area (Å²) < 4.78 is 4.94. The first-order valence-corrected chi connectivity index (χ1v) is 10.6. The van der Waals surface area contributed by atoms with Crippen LogP contribution in [0.1, 0.15) is 27.0 Å². The molecule has 2 aromatic carbocycles. The van der Waals surface area contributed by atoms with Gasteiger partial charge in [0.1, 0.15) is 10.9 Å². The maximum atomic E-state index is 12.3. The van der Waals surface area contributed by atoms with E-state index in [1.165, 1.54) is 28.9 Å². The molecule has 1 aromatic heterocycles. The molecule has 0 amide bonds. The van der Waals surface area contributed by atoms with E-state index in [4.69, 9.17) is 4.74 Å². The van der Waals surface area contributed by atoms with Crippen LogP contribution in [-0.4, -0.2) is 19.3 Å². The molecule has 0 saturated heterocycles. The number of ether oxygens (including phenoxy) is 1. The molecule has 0 unspecified atom stereocenters. The fourth-order valence-corrected chi connectivity index (χ4v) is 4.81. The number of aryl methyl sites for hydroxylation is 1. The second-order valence-corrected chi connectivity index (χ2v) is 7.79. The molecule has 0 spiro atoms. The van der Waals surface area contributed by atoms with Crippen LogP contribution < -0.4 is 0 Å². The lowest BCUT2D eigenvalue weighted by molar-refractivity contribution is 0.0607. The van der Waals surface area contributed by atoms with Crippen LogP contribution in [0.4, 0.5) is 0 Å². The highest BCUT2D eigenvalue weighted by atomic mass is 32.2. The van der Waals surface area contributed by atoms with E-state index < -0.39 is 5.97 Å². The molecule has 0 radical (unpaired) electrons. The molecule has 0 aliphatic rings. The number of hydrogen-bond donors (Lipinski definition) is 0. The highest BCUT2D eigenvalue weighted by Gasteiger charge is 2.24. The van der Waals surface area contributed by atoms with Crippen LogP contribution in [0, 0.1) is 11.3 Å². The fourth-order valence-electron chi connectivity index (χ4n) is 3.06. The Labute approximate surface area is 167 Å². The molecule has 0 N–H and O–H groups in total. The second-order valence-electron chi connectivity index (χ2n) is 5.84. The van der Waals surface area contributed by atoms with E-state index in [2.05, 4.69) is 24.5 Å². The minimum atomic E-state index is -0.400. The van der Waals surface area contributed by atoms with Crippen LogP contribution in [0.5, 0.6) is 0 Å². The van der Waals surface area contributed by atoms with Crippen LogP contribution in [0.15, 0.2) is 53.4 Å². The number of nitriles is 1. The smallest absolute Gasteiger partial charge is 0.348 e. The highest BCUT2D eigenvalue weighted by molar-refractivity contribution is 7.98. The number of rotatable bonds is 5. The topological polar surface area (TPSA) is 50.1 Å². The Morgan fingerprint density at radius 1 is 1.15 bits per heavy atom. The molecule has 136 valence electrons. The molecular weight excluding hydrogens is 374 g/mol. The minimum Gasteiger partial charge on any atom is -0.465 e. The van der Waals surface area contributed by atoms with E-state index in [0.29, 0.717) is 22.4 Å². The third-order valence-corrected chi connectivity index (χ3v) is 6.49. The number of thiophene rings is 1. The van der Waals surface area contributed by atoms with Crippen molar-refractivity contribution < 1.29 is 9.53 Å². The van der Waals surface area contributed by atoms with Gasteiger partial charge in [-0.05, 0) is 35.4 Å². The number of benzene rings is 2. The largest absolute Gasteiger partial charge is 0.465 e. The van der Waals surface area contributed by atoms with Crippen molar-refractivity contribution in [3.05, 3.63) is 63.8 Å². The Hall–Kier alpha value is -2.55. The zero-order valence-corrected chi connectivity index (χ0v) is 17.0. The molecule has 3 nitrogen and oxygen atoms in total. The first-order valence-electron chi connectivity index (χ1n) is 8.52. The van der Waals surface area contributed by atoms with Gasteiger partial charge in [-0.15, -0.1) is 23.1 Å². The van der Waals surface area contributed by atoms with E-state index in [1.807, 2.05) is 43.3 Å². The van der Waals surface area contributed by atoms with Gasteiger partial charge in [0.15, 0.2) is 0 Å². The maximum absolute atomic E-state index is 12.3. The fraction of sp³-hybridized carbons (Fsp3) is 0.182. The van der Waals surface area contributed by atoms with Crippen LogP contribution in [0.25, 0.3) is 22.3 Å². The molecular formula is C22H19NO2S2. The van der Waals surface area contributed by atoms with Crippen LogP contribution >= 0.6 is 23.1 Å². The molecule has 1 heterocycles. The van der Waals surface area contributed by atoms with Gasteiger partial charge in [0, 0.05) is 15.3 Å². The van der Waals surface area contributed by atoms with Crippen molar-refractivity contribution in [2.24, 2.45) is 0 Å². The van der Waals surface area contributed by atoms with Gasteiger partial charge >= 0.3 is 5.97 Å². The van der Waals surface area contributed by atoms with Crippen LogP contribution in [0.2, 0.25) is 0 Å². The van der Waals surface area contributed by atoms with Crippen LogP contribution in [-0.2, 0) is 11.2 Å². The Kier molecular flexibility index (Phi) is 6.00. The Morgan fingerprint density at radius 2 is 1.81 bits per heavy atom. The molecule has 0 aliphatic carbocycles. The van der Waals surface area contributed by atoms with Gasteiger partial charge in [0.25, 0.3) is 0 Å². The molecule has 0 fully saturated rings. The lowest BCUT2D eigenvalue weighted by Gasteiger charge is -2.09. The van der Waals surface area contributed by atoms with Gasteiger partial charge in [0.05, 0.1) is 12.7 Å². The SMILES string of the molecule is CCc1sc(C(=O)OC)c(-c2ccc(-c3ccccc3SC)cc2)c1C#N. The highest BCUT2D eigenvalue weighted by Crippen LogP contribution is 2.38. The average Bonchev–Trinajstić information content (AvgIpc) is 3.12. The molecule has 0 saturated carbocycles. The van der Waals surface area contributed by atoms with Crippen molar-refractivity contribution in [3.63, 3.8) is 0 Å². The first-order chi connectivity index (χ1) is 13.1. The number of carbonyl (C=O) groups is 1. The van der Waals surface area contributed by atoms with Crippen molar-refractivity contribution in [1.29, 1.82) is 5.26 Å². The van der Waals surface area contributed by atoms with E-state index in [0.717, 1.165) is 16.0 Å². The van der Waals surface area contributed by atoms with Crippen molar-refractivity contribution in [2.75, 3.05) is 13.4 Å². The third kappa shape index (κ3) is 3.64. The normalized spacial score (nSPS) is 10.4.